The summed E-state index contributed by atoms with van der Waals surface area (Å²) in [7, 11) is -3.50. The Labute approximate surface area is 220 Å². The largest absolute Gasteiger partial charge is 0.443 e. The summed E-state index contributed by atoms with van der Waals surface area (Å²) in [6, 6.07) is 3.06. The minimum atomic E-state index is -3.50. The molecule has 0 N–H and O–H groups in total. The maximum absolute atomic E-state index is 15.7. The van der Waals surface area contributed by atoms with Gasteiger partial charge in [0, 0.05) is 28.8 Å². The molecule has 3 aromatic rings. The summed E-state index contributed by atoms with van der Waals surface area (Å²) in [4.78, 5) is 30.4. The van der Waals surface area contributed by atoms with E-state index in [0.29, 0.717) is 8.89 Å². The van der Waals surface area contributed by atoms with E-state index in [1.54, 1.807) is 20.8 Å². The fourth-order valence-electron chi connectivity index (χ4n) is 3.97. The van der Waals surface area contributed by atoms with E-state index >= 15 is 4.39 Å². The highest BCUT2D eigenvalue weighted by atomic mass is 79.9. The predicted octanol–water partition coefficient (Wildman–Crippen LogP) is 4.38. The SMILES string of the molecule is CC(C)(C)OC(=O)n1cc(C(=O)c2c(F)ccc(N(N3CC[C@@H](F)C3)[SH](=O)=O)c2F)c2cc(Br)cnc21. The molecule has 0 saturated carbocycles. The van der Waals surface area contributed by atoms with Gasteiger partial charge in [-0.15, -0.1) is 0 Å². The standard InChI is InChI=1S/C23H22BrF3N4O5S/c1-23(2,3)36-22(33)30-11-15(14-8-12(24)9-28-21(14)30)20(32)18-16(26)4-5-17(19(18)27)31(37(34)35)29-7-6-13(25)10-29/h4-5,8-9,11,13,37H,6-7,10H2,1-3H3/t13-/m1/s1. The van der Waals surface area contributed by atoms with E-state index in [1.165, 1.54) is 12.3 Å². The lowest BCUT2D eigenvalue weighted by Gasteiger charge is -2.28. The fourth-order valence-corrected chi connectivity index (χ4v) is 5.00. The number of hydrazine groups is 1. The van der Waals surface area contributed by atoms with Crippen LogP contribution in [-0.2, 0) is 15.6 Å². The summed E-state index contributed by atoms with van der Waals surface area (Å²) in [5, 5.41) is 1.16. The minimum Gasteiger partial charge on any atom is -0.443 e. The highest BCUT2D eigenvalue weighted by molar-refractivity contribution is 9.10. The van der Waals surface area contributed by atoms with Gasteiger partial charge in [-0.05, 0) is 61.3 Å². The number of thiol groups is 1. The van der Waals surface area contributed by atoms with Gasteiger partial charge in [-0.3, -0.25) is 4.79 Å². The first-order valence-electron chi connectivity index (χ1n) is 11.0. The summed E-state index contributed by atoms with van der Waals surface area (Å²) in [6.07, 6.45) is 0.264. The van der Waals surface area contributed by atoms with Crippen molar-refractivity contribution in [3.63, 3.8) is 0 Å². The smallest absolute Gasteiger partial charge is 0.420 e. The lowest BCUT2D eigenvalue weighted by Crippen LogP contribution is -2.41. The number of hydrogen-bond donors (Lipinski definition) is 1. The van der Waals surface area contributed by atoms with Crippen LogP contribution in [0.3, 0.4) is 0 Å². The van der Waals surface area contributed by atoms with Gasteiger partial charge in [-0.1, -0.05) is 0 Å². The van der Waals surface area contributed by atoms with Gasteiger partial charge < -0.3 is 4.74 Å². The van der Waals surface area contributed by atoms with Gasteiger partial charge in [-0.2, -0.15) is 4.41 Å². The van der Waals surface area contributed by atoms with Crippen LogP contribution in [0.25, 0.3) is 11.0 Å². The van der Waals surface area contributed by atoms with E-state index in [9.17, 15) is 26.8 Å². The third-order valence-corrected chi connectivity index (χ3v) is 6.70. The second-order valence-electron chi connectivity index (χ2n) is 9.33. The summed E-state index contributed by atoms with van der Waals surface area (Å²) in [5.41, 5.74) is -2.82. The molecular weight excluding hydrogens is 581 g/mol. The molecule has 1 fully saturated rings. The number of fused-ring (bicyclic) bond motifs is 1. The van der Waals surface area contributed by atoms with Gasteiger partial charge in [-0.25, -0.2) is 40.9 Å². The van der Waals surface area contributed by atoms with Crippen LogP contribution in [0.15, 0.2) is 35.1 Å². The van der Waals surface area contributed by atoms with Crippen LogP contribution in [-0.4, -0.2) is 59.7 Å². The molecule has 1 atom stereocenters. The van der Waals surface area contributed by atoms with Crippen LogP contribution < -0.4 is 4.41 Å². The van der Waals surface area contributed by atoms with E-state index in [0.717, 1.165) is 27.9 Å². The maximum Gasteiger partial charge on any atom is 0.420 e. The zero-order valence-corrected chi connectivity index (χ0v) is 22.4. The number of ether oxygens (including phenoxy) is 1. The number of benzene rings is 1. The summed E-state index contributed by atoms with van der Waals surface area (Å²) >= 11 is 3.23. The van der Waals surface area contributed by atoms with Crippen molar-refractivity contribution in [3.8, 4) is 0 Å². The number of rotatable bonds is 5. The second-order valence-corrected chi connectivity index (χ2v) is 11.1. The Bertz CT molecular complexity index is 1480. The Morgan fingerprint density at radius 2 is 1.95 bits per heavy atom. The molecule has 0 aliphatic carbocycles. The molecule has 0 bridgehead atoms. The van der Waals surface area contributed by atoms with Crippen molar-refractivity contribution in [2.75, 3.05) is 17.5 Å². The topological polar surface area (TPSA) is 102 Å². The van der Waals surface area contributed by atoms with Crippen molar-refractivity contribution in [2.24, 2.45) is 0 Å². The van der Waals surface area contributed by atoms with Crippen molar-refractivity contribution in [1.82, 2.24) is 14.6 Å². The molecule has 0 amide bonds. The number of nitrogens with zero attached hydrogens (tertiary/aromatic N) is 4. The third kappa shape index (κ3) is 5.36. The number of carbonyl (C=O) groups is 2. The highest BCUT2D eigenvalue weighted by Gasteiger charge is 2.34. The number of ketones is 1. The molecule has 1 saturated heterocycles. The normalized spacial score (nSPS) is 16.5. The first-order chi connectivity index (χ1) is 17.3. The quantitative estimate of drug-likeness (QED) is 0.341. The number of aromatic nitrogens is 2. The van der Waals surface area contributed by atoms with Gasteiger partial charge >= 0.3 is 6.09 Å². The molecule has 3 heterocycles. The van der Waals surface area contributed by atoms with Crippen LogP contribution in [0.1, 0.15) is 43.1 Å². The van der Waals surface area contributed by atoms with Crippen LogP contribution in [0.5, 0.6) is 0 Å². The van der Waals surface area contributed by atoms with Crippen LogP contribution in [0.2, 0.25) is 0 Å². The molecular formula is C23H22BrF3N4O5S. The van der Waals surface area contributed by atoms with Gasteiger partial charge in [0.1, 0.15) is 28.9 Å². The number of alkyl halides is 1. The maximum atomic E-state index is 15.7. The number of hydrogen-bond acceptors (Lipinski definition) is 7. The van der Waals surface area contributed by atoms with Crippen molar-refractivity contribution < 1.29 is 35.9 Å². The summed E-state index contributed by atoms with van der Waals surface area (Å²) in [6.45, 7) is 4.59. The van der Waals surface area contributed by atoms with E-state index in [-0.39, 0.29) is 36.1 Å². The van der Waals surface area contributed by atoms with Crippen molar-refractivity contribution >= 4 is 55.4 Å². The van der Waals surface area contributed by atoms with Gasteiger partial charge in [0.25, 0.3) is 0 Å². The van der Waals surface area contributed by atoms with E-state index in [2.05, 4.69) is 20.9 Å². The Morgan fingerprint density at radius 1 is 1.24 bits per heavy atom. The van der Waals surface area contributed by atoms with Crippen molar-refractivity contribution in [2.45, 2.75) is 39.0 Å². The monoisotopic (exact) mass is 602 g/mol. The highest BCUT2D eigenvalue weighted by Crippen LogP contribution is 2.32. The van der Waals surface area contributed by atoms with Gasteiger partial charge in [0.05, 0.1) is 17.7 Å². The Kier molecular flexibility index (Phi) is 7.36. The average Bonchev–Trinajstić information content (AvgIpc) is 3.37. The molecule has 9 nitrogen and oxygen atoms in total. The molecule has 0 radical (unpaired) electrons. The molecule has 2 aromatic heterocycles. The number of carbonyl (C=O) groups excluding carboxylic acids is 2. The van der Waals surface area contributed by atoms with Crippen molar-refractivity contribution in [3.05, 3.63) is 57.8 Å². The first kappa shape index (κ1) is 27.1. The van der Waals surface area contributed by atoms with Crippen LogP contribution >= 0.6 is 15.9 Å². The van der Waals surface area contributed by atoms with E-state index in [1.807, 2.05) is 0 Å². The molecule has 1 aliphatic rings. The molecule has 198 valence electrons. The average molecular weight is 603 g/mol. The summed E-state index contributed by atoms with van der Waals surface area (Å²) in [5.74, 6) is -3.86. The second kappa shape index (κ2) is 10.1. The molecule has 1 aliphatic heterocycles. The predicted molar refractivity (Wildman–Crippen MR) is 133 cm³/mol. The first-order valence-corrected chi connectivity index (χ1v) is 13.0. The number of anilines is 1. The molecule has 1 aromatic carbocycles. The third-order valence-electron chi connectivity index (χ3n) is 5.49. The van der Waals surface area contributed by atoms with Crippen LogP contribution in [0, 0.1) is 11.6 Å². The number of pyridine rings is 1. The Morgan fingerprint density at radius 3 is 2.54 bits per heavy atom. The summed E-state index contributed by atoms with van der Waals surface area (Å²) < 4.78 is 75.5. The van der Waals surface area contributed by atoms with E-state index < -0.39 is 57.4 Å². The van der Waals surface area contributed by atoms with Gasteiger partial charge in [0.2, 0.25) is 16.7 Å². The lowest BCUT2D eigenvalue weighted by molar-refractivity contribution is 0.0543. The lowest BCUT2D eigenvalue weighted by atomic mass is 10.0. The molecule has 14 heteroatoms. The Balaban J connectivity index is 1.85. The molecule has 0 unspecified atom stereocenters. The van der Waals surface area contributed by atoms with Crippen molar-refractivity contribution in [1.29, 1.82) is 0 Å². The van der Waals surface area contributed by atoms with E-state index in [4.69, 9.17) is 4.74 Å². The van der Waals surface area contributed by atoms with Crippen LogP contribution in [0.4, 0.5) is 23.7 Å². The molecule has 37 heavy (non-hydrogen) atoms. The zero-order valence-electron chi connectivity index (χ0n) is 19.9. The number of halogens is 4. The van der Waals surface area contributed by atoms with Gasteiger partial charge in [0.15, 0.2) is 5.82 Å². The zero-order chi connectivity index (χ0) is 27.2. The Hall–Kier alpha value is -2.97. The fraction of sp³-hybridized carbons (Fsp3) is 0.348. The molecule has 0 spiro atoms. The molecule has 4 rings (SSSR count). The minimum absolute atomic E-state index is 0.00749.